The molecule has 0 saturated carbocycles. The monoisotopic (exact) mass is 331 g/mol. The molecule has 0 amide bonds. The molecule has 96 valence electrons. The molecule has 0 bridgehead atoms. The van der Waals surface area contributed by atoms with Gasteiger partial charge in [0.25, 0.3) is 0 Å². The summed E-state index contributed by atoms with van der Waals surface area (Å²) in [4.78, 5) is 3.63. The fourth-order valence-corrected chi connectivity index (χ4v) is 7.42. The molecule has 0 heterocycles. The molecular weight excluding hydrogens is 311 g/mol. The molecule has 19 heavy (non-hydrogen) atoms. The molecule has 0 aliphatic carbocycles. The summed E-state index contributed by atoms with van der Waals surface area (Å²) in [6, 6.07) is 21.5. The van der Waals surface area contributed by atoms with E-state index < -0.39 is 22.0 Å². The van der Waals surface area contributed by atoms with E-state index in [0.717, 1.165) is 0 Å². The van der Waals surface area contributed by atoms with Crippen LogP contribution < -0.4 is 8.92 Å². The summed E-state index contributed by atoms with van der Waals surface area (Å²) in [5.74, 6) is 0. The van der Waals surface area contributed by atoms with Crippen LogP contribution in [-0.4, -0.2) is 22.0 Å². The summed E-state index contributed by atoms with van der Waals surface area (Å²) in [5, 5.41) is 0. The van der Waals surface area contributed by atoms with Crippen molar-refractivity contribution in [3.05, 3.63) is 60.7 Å². The van der Waals surface area contributed by atoms with Gasteiger partial charge < -0.3 is 0 Å². The van der Waals surface area contributed by atoms with Gasteiger partial charge in [0.1, 0.15) is 0 Å². The Labute approximate surface area is 121 Å². The van der Waals surface area contributed by atoms with Crippen LogP contribution in [0, 0.1) is 10.4 Å². The zero-order valence-corrected chi connectivity index (χ0v) is 14.4. The second-order valence-electron chi connectivity index (χ2n) is 5.41. The Bertz CT molecular complexity index is 534. The van der Waals surface area contributed by atoms with Gasteiger partial charge in [0.05, 0.1) is 0 Å². The van der Waals surface area contributed by atoms with E-state index in [2.05, 4.69) is 90.7 Å². The molecule has 0 fully saturated rings. The van der Waals surface area contributed by atoms with Crippen molar-refractivity contribution in [2.75, 3.05) is 0 Å². The predicted molar refractivity (Wildman–Crippen MR) is 89.0 cm³/mol. The standard InChI is InChI=1S/C17H19SeSi/c1-19(2,3)15-14-18(16-10-6-4-7-11-16)17-12-8-5-9-13-17/h4-13H,1-3H3/q+1. The van der Waals surface area contributed by atoms with Crippen LogP contribution in [0.4, 0.5) is 0 Å². The van der Waals surface area contributed by atoms with Gasteiger partial charge in [0, 0.05) is 0 Å². The molecular formula is C17H19SeSi+. The van der Waals surface area contributed by atoms with E-state index >= 15 is 0 Å². The molecule has 2 rings (SSSR count). The topological polar surface area (TPSA) is 0 Å². The molecule has 0 radical (unpaired) electrons. The quantitative estimate of drug-likeness (QED) is 0.587. The normalized spacial score (nSPS) is 10.9. The van der Waals surface area contributed by atoms with Crippen LogP contribution in [0.5, 0.6) is 0 Å². The van der Waals surface area contributed by atoms with Crippen LogP contribution in [0.3, 0.4) is 0 Å². The molecule has 0 aromatic heterocycles. The minimum absolute atomic E-state index is 1.22. The molecule has 0 atom stereocenters. The number of hydrogen-bond donors (Lipinski definition) is 0. The Morgan fingerprint density at radius 1 is 0.737 bits per heavy atom. The fraction of sp³-hybridized carbons (Fsp3) is 0.176. The third-order valence-electron chi connectivity index (χ3n) is 2.49. The molecule has 2 aromatic rings. The molecule has 0 saturated heterocycles. The molecule has 0 unspecified atom stereocenters. The second-order valence-corrected chi connectivity index (χ2v) is 13.9. The number of benzene rings is 2. The van der Waals surface area contributed by atoms with Gasteiger partial charge in [-0.25, -0.2) is 0 Å². The second kappa shape index (κ2) is 6.26. The molecule has 2 aromatic carbocycles. The summed E-state index contributed by atoms with van der Waals surface area (Å²) in [6.45, 7) is 6.91. The van der Waals surface area contributed by atoms with Gasteiger partial charge in [-0.05, 0) is 0 Å². The van der Waals surface area contributed by atoms with E-state index in [1.807, 2.05) is 0 Å². The van der Waals surface area contributed by atoms with Crippen LogP contribution in [0.15, 0.2) is 60.7 Å². The first-order valence-electron chi connectivity index (χ1n) is 6.43. The summed E-state index contributed by atoms with van der Waals surface area (Å²) < 4.78 is 2.80. The first kappa shape index (κ1) is 14.2. The van der Waals surface area contributed by atoms with Gasteiger partial charge in [-0.2, -0.15) is 0 Å². The van der Waals surface area contributed by atoms with Gasteiger partial charge in [-0.15, -0.1) is 0 Å². The Morgan fingerprint density at radius 3 is 1.53 bits per heavy atom. The van der Waals surface area contributed by atoms with Gasteiger partial charge in [0.15, 0.2) is 0 Å². The van der Waals surface area contributed by atoms with E-state index in [4.69, 9.17) is 0 Å². The zero-order valence-electron chi connectivity index (χ0n) is 11.7. The van der Waals surface area contributed by atoms with Gasteiger partial charge in [0.2, 0.25) is 0 Å². The molecule has 0 aliphatic rings. The Kier molecular flexibility index (Phi) is 4.66. The van der Waals surface area contributed by atoms with Gasteiger partial charge in [-0.3, -0.25) is 0 Å². The minimum atomic E-state index is -1.32. The Balaban J connectivity index is 2.42. The Morgan fingerprint density at radius 2 is 1.16 bits per heavy atom. The maximum absolute atomic E-state index is 3.63. The average Bonchev–Trinajstić information content (AvgIpc) is 2.40. The first-order valence-corrected chi connectivity index (χ1v) is 12.5. The van der Waals surface area contributed by atoms with Crippen LogP contribution in [0.2, 0.25) is 19.6 Å². The van der Waals surface area contributed by atoms with Crippen LogP contribution in [0.1, 0.15) is 0 Å². The van der Waals surface area contributed by atoms with Crippen molar-refractivity contribution < 1.29 is 0 Å². The van der Waals surface area contributed by atoms with Gasteiger partial charge in [-0.1, -0.05) is 0 Å². The Hall–Kier alpha value is -1.26. The summed E-state index contributed by atoms with van der Waals surface area (Å²) in [5.41, 5.74) is 3.56. The summed E-state index contributed by atoms with van der Waals surface area (Å²) >= 11 is -1.22. The third-order valence-corrected chi connectivity index (χ3v) is 7.53. The maximum atomic E-state index is 3.63. The van der Waals surface area contributed by atoms with E-state index in [0.29, 0.717) is 0 Å². The van der Waals surface area contributed by atoms with E-state index in [-0.39, 0.29) is 0 Å². The van der Waals surface area contributed by atoms with Crippen molar-refractivity contribution in [3.63, 3.8) is 0 Å². The van der Waals surface area contributed by atoms with Crippen molar-refractivity contribution >= 4 is 30.9 Å². The summed E-state index contributed by atoms with van der Waals surface area (Å²) in [6.07, 6.45) is 0. The van der Waals surface area contributed by atoms with Crippen LogP contribution >= 0.6 is 0 Å². The molecule has 2 heteroatoms. The molecule has 0 nitrogen and oxygen atoms in total. The average molecular weight is 330 g/mol. The van der Waals surface area contributed by atoms with E-state index in [9.17, 15) is 0 Å². The first-order chi connectivity index (χ1) is 9.06. The van der Waals surface area contributed by atoms with Crippen molar-refractivity contribution in [2.45, 2.75) is 19.6 Å². The number of hydrogen-bond acceptors (Lipinski definition) is 0. The zero-order chi connectivity index (χ0) is 13.7. The SMILES string of the molecule is C[Si](C)(C)C#C[Se+](c1ccccc1)c1ccccc1. The molecule has 0 N–H and O–H groups in total. The van der Waals surface area contributed by atoms with E-state index in [1.54, 1.807) is 0 Å². The fourth-order valence-electron chi connectivity index (χ4n) is 1.57. The number of rotatable bonds is 2. The van der Waals surface area contributed by atoms with Crippen molar-refractivity contribution in [2.24, 2.45) is 0 Å². The molecule has 0 aliphatic heterocycles. The van der Waals surface area contributed by atoms with Crippen LogP contribution in [-0.2, 0) is 0 Å². The third kappa shape index (κ3) is 4.40. The van der Waals surface area contributed by atoms with Crippen molar-refractivity contribution in [1.29, 1.82) is 0 Å². The molecule has 0 spiro atoms. The van der Waals surface area contributed by atoms with Crippen LogP contribution in [0.25, 0.3) is 0 Å². The summed E-state index contributed by atoms with van der Waals surface area (Å²) in [7, 11) is -1.32. The van der Waals surface area contributed by atoms with E-state index in [1.165, 1.54) is 8.92 Å². The van der Waals surface area contributed by atoms with Crippen molar-refractivity contribution in [3.8, 4) is 10.4 Å². The predicted octanol–water partition coefficient (Wildman–Crippen LogP) is 2.72. The van der Waals surface area contributed by atoms with Crippen molar-refractivity contribution in [1.82, 2.24) is 0 Å². The van der Waals surface area contributed by atoms with Gasteiger partial charge >= 0.3 is 122 Å².